The van der Waals surface area contributed by atoms with Crippen LogP contribution in [0.2, 0.25) is 0 Å². The zero-order valence-electron chi connectivity index (χ0n) is 19.9. The number of thiophene rings is 1. The Labute approximate surface area is 198 Å². The Morgan fingerprint density at radius 1 is 1.03 bits per heavy atom. The van der Waals surface area contributed by atoms with E-state index in [9.17, 15) is 4.79 Å². The summed E-state index contributed by atoms with van der Waals surface area (Å²) in [5.41, 5.74) is 7.88. The van der Waals surface area contributed by atoms with Gasteiger partial charge in [-0.3, -0.25) is 14.2 Å². The fourth-order valence-corrected chi connectivity index (χ4v) is 4.57. The van der Waals surface area contributed by atoms with Crippen molar-refractivity contribution in [1.29, 1.82) is 0 Å². The summed E-state index contributed by atoms with van der Waals surface area (Å²) in [4.78, 5) is 13.6. The van der Waals surface area contributed by atoms with Crippen molar-refractivity contribution in [2.45, 2.75) is 47.8 Å². The Morgan fingerprint density at radius 2 is 1.76 bits per heavy atom. The molecule has 7 nitrogen and oxygen atoms in total. The molecule has 1 N–H and O–H groups in total. The summed E-state index contributed by atoms with van der Waals surface area (Å²) in [7, 11) is 1.94. The molecule has 3 heterocycles. The van der Waals surface area contributed by atoms with Crippen molar-refractivity contribution in [3.63, 3.8) is 0 Å². The number of aromatic nitrogens is 4. The molecule has 0 fully saturated rings. The Kier molecular flexibility index (Phi) is 6.37. The van der Waals surface area contributed by atoms with Crippen molar-refractivity contribution in [3.8, 4) is 5.75 Å². The summed E-state index contributed by atoms with van der Waals surface area (Å²) < 4.78 is 9.65. The number of anilines is 1. The average Bonchev–Trinajstić information content (AvgIpc) is 3.43. The molecular weight excluding hydrogens is 434 g/mol. The van der Waals surface area contributed by atoms with Crippen molar-refractivity contribution in [3.05, 3.63) is 80.1 Å². The lowest BCUT2D eigenvalue weighted by Crippen LogP contribution is -2.12. The molecule has 172 valence electrons. The SMILES string of the molecule is Cc1ccc(OCc2csc(C(=O)Nc3c(C)nn(Cc4c(C)nn(C)c4C)c3C)c2)cc1. The van der Waals surface area contributed by atoms with Crippen LogP contribution in [0.25, 0.3) is 0 Å². The average molecular weight is 464 g/mol. The van der Waals surface area contributed by atoms with Gasteiger partial charge in [0.05, 0.1) is 34.2 Å². The molecule has 4 aromatic rings. The van der Waals surface area contributed by atoms with Crippen LogP contribution in [0.4, 0.5) is 5.69 Å². The van der Waals surface area contributed by atoms with Crippen LogP contribution in [0.1, 0.15) is 49.1 Å². The highest BCUT2D eigenvalue weighted by molar-refractivity contribution is 7.12. The maximum Gasteiger partial charge on any atom is 0.265 e. The Bertz CT molecular complexity index is 1300. The van der Waals surface area contributed by atoms with Crippen molar-refractivity contribution >= 4 is 22.9 Å². The van der Waals surface area contributed by atoms with E-state index in [1.807, 2.05) is 79.8 Å². The van der Waals surface area contributed by atoms with E-state index >= 15 is 0 Å². The first-order valence-corrected chi connectivity index (χ1v) is 11.7. The van der Waals surface area contributed by atoms with E-state index in [1.165, 1.54) is 16.9 Å². The van der Waals surface area contributed by atoms with E-state index in [4.69, 9.17) is 4.74 Å². The fourth-order valence-electron chi connectivity index (χ4n) is 3.77. The van der Waals surface area contributed by atoms with Crippen LogP contribution in [0.3, 0.4) is 0 Å². The van der Waals surface area contributed by atoms with Gasteiger partial charge in [0.1, 0.15) is 12.4 Å². The predicted molar refractivity (Wildman–Crippen MR) is 131 cm³/mol. The van der Waals surface area contributed by atoms with Crippen LogP contribution >= 0.6 is 11.3 Å². The number of ether oxygens (including phenoxy) is 1. The summed E-state index contributed by atoms with van der Waals surface area (Å²) >= 11 is 1.41. The topological polar surface area (TPSA) is 74.0 Å². The van der Waals surface area contributed by atoms with Crippen molar-refractivity contribution in [2.75, 3.05) is 5.32 Å². The van der Waals surface area contributed by atoms with Gasteiger partial charge in [0, 0.05) is 23.9 Å². The zero-order valence-corrected chi connectivity index (χ0v) is 20.7. The maximum atomic E-state index is 12.9. The molecule has 0 aliphatic carbocycles. The lowest BCUT2D eigenvalue weighted by Gasteiger charge is -2.07. The highest BCUT2D eigenvalue weighted by Gasteiger charge is 2.19. The van der Waals surface area contributed by atoms with E-state index in [2.05, 4.69) is 22.4 Å². The number of carbonyl (C=O) groups excluding carboxylic acids is 1. The Morgan fingerprint density at radius 3 is 2.42 bits per heavy atom. The minimum absolute atomic E-state index is 0.138. The van der Waals surface area contributed by atoms with Gasteiger partial charge in [-0.05, 0) is 58.2 Å². The third-order valence-electron chi connectivity index (χ3n) is 5.89. The van der Waals surface area contributed by atoms with Crippen LogP contribution < -0.4 is 10.1 Å². The van der Waals surface area contributed by atoms with E-state index in [0.29, 0.717) is 18.0 Å². The lowest BCUT2D eigenvalue weighted by atomic mass is 10.2. The van der Waals surface area contributed by atoms with Gasteiger partial charge >= 0.3 is 0 Å². The van der Waals surface area contributed by atoms with Crippen LogP contribution in [-0.2, 0) is 20.2 Å². The monoisotopic (exact) mass is 463 g/mol. The van der Waals surface area contributed by atoms with Crippen LogP contribution in [0.5, 0.6) is 5.75 Å². The molecule has 0 aliphatic rings. The standard InChI is InChI=1S/C25H29N5O2S/c1-15-7-9-21(10-8-15)32-13-20-11-23(33-14-20)25(31)26-24-17(3)28-30(19(24)5)12-22-16(2)27-29(6)18(22)4/h7-11,14H,12-13H2,1-6H3,(H,26,31). The summed E-state index contributed by atoms with van der Waals surface area (Å²) in [5.74, 6) is 0.677. The molecule has 0 unspecified atom stereocenters. The molecule has 0 aliphatic heterocycles. The van der Waals surface area contributed by atoms with Gasteiger partial charge in [-0.25, -0.2) is 0 Å². The summed E-state index contributed by atoms with van der Waals surface area (Å²) in [6, 6.07) is 9.82. The normalized spacial score (nSPS) is 11.1. The Balaban J connectivity index is 1.44. The second-order valence-corrected chi connectivity index (χ2v) is 9.26. The fraction of sp³-hybridized carbons (Fsp3) is 0.320. The quantitative estimate of drug-likeness (QED) is 0.414. The molecule has 3 aromatic heterocycles. The van der Waals surface area contributed by atoms with E-state index < -0.39 is 0 Å². The van der Waals surface area contributed by atoms with Gasteiger partial charge in [0.25, 0.3) is 5.91 Å². The van der Waals surface area contributed by atoms with E-state index in [0.717, 1.165) is 45.3 Å². The molecule has 33 heavy (non-hydrogen) atoms. The molecule has 8 heteroatoms. The molecule has 0 saturated carbocycles. The number of hydrogen-bond donors (Lipinski definition) is 1. The van der Waals surface area contributed by atoms with Crippen molar-refractivity contribution in [2.24, 2.45) is 7.05 Å². The van der Waals surface area contributed by atoms with Crippen LogP contribution in [0, 0.1) is 34.6 Å². The van der Waals surface area contributed by atoms with Gasteiger partial charge in [-0.15, -0.1) is 11.3 Å². The number of aryl methyl sites for hydroxylation is 4. The van der Waals surface area contributed by atoms with Gasteiger partial charge in [-0.2, -0.15) is 10.2 Å². The molecule has 1 aromatic carbocycles. The second kappa shape index (κ2) is 9.23. The molecule has 0 spiro atoms. The smallest absolute Gasteiger partial charge is 0.265 e. The van der Waals surface area contributed by atoms with Crippen LogP contribution in [0.15, 0.2) is 35.7 Å². The molecular formula is C25H29N5O2S. The highest BCUT2D eigenvalue weighted by atomic mass is 32.1. The summed E-state index contributed by atoms with van der Waals surface area (Å²) in [6.07, 6.45) is 0. The molecule has 0 saturated heterocycles. The zero-order chi connectivity index (χ0) is 23.7. The second-order valence-electron chi connectivity index (χ2n) is 8.35. The van der Waals surface area contributed by atoms with Gasteiger partial charge in [0.2, 0.25) is 0 Å². The first kappa shape index (κ1) is 22.8. The number of nitrogens with zero attached hydrogens (tertiary/aromatic N) is 4. The van der Waals surface area contributed by atoms with Crippen molar-refractivity contribution < 1.29 is 9.53 Å². The molecule has 1 amide bonds. The predicted octanol–water partition coefficient (Wildman–Crippen LogP) is 5.10. The highest BCUT2D eigenvalue weighted by Crippen LogP contribution is 2.25. The number of carbonyl (C=O) groups is 1. The summed E-state index contributed by atoms with van der Waals surface area (Å²) in [5, 5.41) is 14.2. The van der Waals surface area contributed by atoms with Crippen LogP contribution in [-0.4, -0.2) is 25.5 Å². The van der Waals surface area contributed by atoms with E-state index in [1.54, 1.807) is 0 Å². The number of benzene rings is 1. The van der Waals surface area contributed by atoms with Gasteiger partial charge in [-0.1, -0.05) is 17.7 Å². The number of nitrogens with one attached hydrogen (secondary N) is 1. The first-order chi connectivity index (χ1) is 15.7. The molecule has 0 radical (unpaired) electrons. The van der Waals surface area contributed by atoms with Crippen molar-refractivity contribution in [1.82, 2.24) is 19.6 Å². The number of rotatable bonds is 7. The van der Waals surface area contributed by atoms with E-state index in [-0.39, 0.29) is 5.91 Å². The summed E-state index contributed by atoms with van der Waals surface area (Å²) in [6.45, 7) is 11.0. The molecule has 4 rings (SSSR count). The third kappa shape index (κ3) is 4.85. The molecule has 0 atom stereocenters. The lowest BCUT2D eigenvalue weighted by molar-refractivity contribution is 0.103. The molecule has 0 bridgehead atoms. The largest absolute Gasteiger partial charge is 0.489 e. The minimum atomic E-state index is -0.138. The Hall–Kier alpha value is -3.39. The third-order valence-corrected chi connectivity index (χ3v) is 6.87. The first-order valence-electron chi connectivity index (χ1n) is 10.8. The number of amides is 1. The van der Waals surface area contributed by atoms with Gasteiger partial charge < -0.3 is 10.1 Å². The van der Waals surface area contributed by atoms with Gasteiger partial charge in [0.15, 0.2) is 0 Å². The minimum Gasteiger partial charge on any atom is -0.489 e. The maximum absolute atomic E-state index is 12.9. The number of hydrogen-bond acceptors (Lipinski definition) is 5.